The molecule has 0 saturated carbocycles. The standard InChI is InChI=1S/C19H25N3O4S/c1-4-21(5-2)27(25,26)19-11-9-17(10-12-19)15(3)20-14-16-7-6-8-18(13-16)22(23)24/h6-13,15,20H,4-5,14H2,1-3H3. The summed E-state index contributed by atoms with van der Waals surface area (Å²) >= 11 is 0. The highest BCUT2D eigenvalue weighted by atomic mass is 32.2. The third kappa shape index (κ3) is 5.12. The van der Waals surface area contributed by atoms with E-state index in [1.807, 2.05) is 26.8 Å². The Morgan fingerprint density at radius 2 is 1.74 bits per heavy atom. The molecule has 0 aromatic heterocycles. The number of nitro benzene ring substituents is 1. The van der Waals surface area contributed by atoms with Crippen LogP contribution in [0, 0.1) is 10.1 Å². The average Bonchev–Trinajstić information content (AvgIpc) is 2.67. The maximum Gasteiger partial charge on any atom is 0.269 e. The maximum atomic E-state index is 12.5. The molecule has 0 aliphatic rings. The van der Waals surface area contributed by atoms with Crippen molar-refractivity contribution in [1.82, 2.24) is 9.62 Å². The van der Waals surface area contributed by atoms with Crippen LogP contribution in [0.5, 0.6) is 0 Å². The summed E-state index contributed by atoms with van der Waals surface area (Å²) in [5.74, 6) is 0. The minimum Gasteiger partial charge on any atom is -0.306 e. The highest BCUT2D eigenvalue weighted by Gasteiger charge is 2.21. The fourth-order valence-corrected chi connectivity index (χ4v) is 4.27. The van der Waals surface area contributed by atoms with Crippen molar-refractivity contribution in [3.8, 4) is 0 Å². The molecule has 0 radical (unpaired) electrons. The zero-order valence-corrected chi connectivity index (χ0v) is 16.6. The SMILES string of the molecule is CCN(CC)S(=O)(=O)c1ccc(C(C)NCc2cccc([N+](=O)[O-])c2)cc1. The Kier molecular flexibility index (Phi) is 7.06. The van der Waals surface area contributed by atoms with Crippen LogP contribution in [0.15, 0.2) is 53.4 Å². The highest BCUT2D eigenvalue weighted by Crippen LogP contribution is 2.20. The number of nitrogens with one attached hydrogen (secondary N) is 1. The molecule has 0 fully saturated rings. The minimum atomic E-state index is -3.46. The van der Waals surface area contributed by atoms with Crippen molar-refractivity contribution in [3.05, 3.63) is 69.8 Å². The molecule has 1 atom stereocenters. The Morgan fingerprint density at radius 3 is 2.30 bits per heavy atom. The van der Waals surface area contributed by atoms with Crippen LogP contribution < -0.4 is 5.32 Å². The van der Waals surface area contributed by atoms with E-state index in [1.54, 1.807) is 36.4 Å². The van der Waals surface area contributed by atoms with Gasteiger partial charge in [0.2, 0.25) is 10.0 Å². The Morgan fingerprint density at radius 1 is 1.11 bits per heavy atom. The van der Waals surface area contributed by atoms with Crippen molar-refractivity contribution in [2.45, 2.75) is 38.3 Å². The lowest BCUT2D eigenvalue weighted by molar-refractivity contribution is -0.384. The predicted octanol–water partition coefficient (Wildman–Crippen LogP) is 3.48. The molecule has 0 heterocycles. The number of sulfonamides is 1. The average molecular weight is 391 g/mol. The summed E-state index contributed by atoms with van der Waals surface area (Å²) in [6.07, 6.45) is 0. The Labute approximate surface area is 160 Å². The van der Waals surface area contributed by atoms with Gasteiger partial charge in [-0.2, -0.15) is 4.31 Å². The molecule has 27 heavy (non-hydrogen) atoms. The molecule has 1 unspecified atom stereocenters. The summed E-state index contributed by atoms with van der Waals surface area (Å²) in [6.45, 7) is 6.93. The molecule has 146 valence electrons. The van der Waals surface area contributed by atoms with Gasteiger partial charge in [0.25, 0.3) is 5.69 Å². The number of hydrogen-bond donors (Lipinski definition) is 1. The van der Waals surface area contributed by atoms with E-state index in [9.17, 15) is 18.5 Å². The second-order valence-corrected chi connectivity index (χ2v) is 8.13. The molecule has 0 saturated heterocycles. The van der Waals surface area contributed by atoms with Gasteiger partial charge in [0.1, 0.15) is 0 Å². The van der Waals surface area contributed by atoms with Gasteiger partial charge in [-0.1, -0.05) is 38.1 Å². The molecule has 0 aliphatic carbocycles. The van der Waals surface area contributed by atoms with E-state index in [2.05, 4.69) is 5.32 Å². The van der Waals surface area contributed by atoms with E-state index in [0.717, 1.165) is 11.1 Å². The lowest BCUT2D eigenvalue weighted by Crippen LogP contribution is -2.30. The van der Waals surface area contributed by atoms with Gasteiger partial charge >= 0.3 is 0 Å². The monoisotopic (exact) mass is 391 g/mol. The van der Waals surface area contributed by atoms with Gasteiger partial charge in [-0.05, 0) is 30.2 Å². The number of nitro groups is 1. The first-order valence-corrected chi connectivity index (χ1v) is 10.3. The van der Waals surface area contributed by atoms with Gasteiger partial charge in [-0.25, -0.2) is 8.42 Å². The number of benzene rings is 2. The summed E-state index contributed by atoms with van der Waals surface area (Å²) in [4.78, 5) is 10.7. The molecule has 7 nitrogen and oxygen atoms in total. The van der Waals surface area contributed by atoms with Crippen LogP contribution >= 0.6 is 0 Å². The van der Waals surface area contributed by atoms with Crippen molar-refractivity contribution in [2.24, 2.45) is 0 Å². The Hall–Kier alpha value is -2.29. The van der Waals surface area contributed by atoms with Crippen LogP contribution in [-0.2, 0) is 16.6 Å². The van der Waals surface area contributed by atoms with Crippen LogP contribution in [-0.4, -0.2) is 30.7 Å². The lowest BCUT2D eigenvalue weighted by atomic mass is 10.1. The van der Waals surface area contributed by atoms with E-state index < -0.39 is 14.9 Å². The summed E-state index contributed by atoms with van der Waals surface area (Å²) < 4.78 is 26.5. The van der Waals surface area contributed by atoms with Crippen LogP contribution in [0.4, 0.5) is 5.69 Å². The molecule has 2 aromatic carbocycles. The molecule has 2 rings (SSSR count). The molecule has 0 aliphatic heterocycles. The van der Waals surface area contributed by atoms with E-state index in [0.29, 0.717) is 19.6 Å². The molecule has 1 N–H and O–H groups in total. The van der Waals surface area contributed by atoms with Crippen LogP contribution in [0.2, 0.25) is 0 Å². The lowest BCUT2D eigenvalue weighted by Gasteiger charge is -2.19. The Balaban J connectivity index is 2.06. The third-order valence-corrected chi connectivity index (χ3v) is 6.52. The van der Waals surface area contributed by atoms with Crippen molar-refractivity contribution in [1.29, 1.82) is 0 Å². The number of nitrogens with zero attached hydrogens (tertiary/aromatic N) is 2. The van der Waals surface area contributed by atoms with Crippen LogP contribution in [0.1, 0.15) is 37.9 Å². The zero-order valence-electron chi connectivity index (χ0n) is 15.8. The molecule has 2 aromatic rings. The van der Waals surface area contributed by atoms with Crippen LogP contribution in [0.3, 0.4) is 0 Å². The fourth-order valence-electron chi connectivity index (χ4n) is 2.81. The molecular weight excluding hydrogens is 366 g/mol. The van der Waals surface area contributed by atoms with E-state index in [-0.39, 0.29) is 16.6 Å². The van der Waals surface area contributed by atoms with Crippen LogP contribution in [0.25, 0.3) is 0 Å². The number of rotatable bonds is 9. The molecule has 0 spiro atoms. The summed E-state index contributed by atoms with van der Waals surface area (Å²) in [5.41, 5.74) is 1.82. The van der Waals surface area contributed by atoms with Gasteiger partial charge in [0.15, 0.2) is 0 Å². The van der Waals surface area contributed by atoms with Gasteiger partial charge < -0.3 is 5.32 Å². The summed E-state index contributed by atoms with van der Waals surface area (Å²) in [7, 11) is -3.46. The second-order valence-electron chi connectivity index (χ2n) is 6.19. The molecule has 0 bridgehead atoms. The van der Waals surface area contributed by atoms with Gasteiger partial charge in [-0.3, -0.25) is 10.1 Å². The molecule has 8 heteroatoms. The zero-order chi connectivity index (χ0) is 20.0. The van der Waals surface area contributed by atoms with Crippen molar-refractivity contribution < 1.29 is 13.3 Å². The van der Waals surface area contributed by atoms with Crippen molar-refractivity contribution in [2.75, 3.05) is 13.1 Å². The largest absolute Gasteiger partial charge is 0.306 e. The topological polar surface area (TPSA) is 92.6 Å². The predicted molar refractivity (Wildman–Crippen MR) is 105 cm³/mol. The first-order valence-electron chi connectivity index (χ1n) is 8.86. The quantitative estimate of drug-likeness (QED) is 0.522. The van der Waals surface area contributed by atoms with Gasteiger partial charge in [0.05, 0.1) is 9.82 Å². The molecule has 0 amide bonds. The van der Waals surface area contributed by atoms with Gasteiger partial charge in [0, 0.05) is 37.8 Å². The summed E-state index contributed by atoms with van der Waals surface area (Å²) in [5, 5.41) is 14.2. The van der Waals surface area contributed by atoms with Crippen molar-refractivity contribution in [3.63, 3.8) is 0 Å². The maximum absolute atomic E-state index is 12.5. The Bertz CT molecular complexity index is 878. The molecular formula is C19H25N3O4S. The number of non-ortho nitro benzene ring substituents is 1. The van der Waals surface area contributed by atoms with E-state index in [4.69, 9.17) is 0 Å². The normalized spacial score (nSPS) is 12.9. The highest BCUT2D eigenvalue weighted by molar-refractivity contribution is 7.89. The smallest absolute Gasteiger partial charge is 0.269 e. The summed E-state index contributed by atoms with van der Waals surface area (Å²) in [6, 6.07) is 13.3. The van der Waals surface area contributed by atoms with E-state index >= 15 is 0 Å². The second kappa shape index (κ2) is 9.07. The minimum absolute atomic E-state index is 0.0329. The fraction of sp³-hybridized carbons (Fsp3) is 0.368. The first-order chi connectivity index (χ1) is 12.8. The number of hydrogen-bond acceptors (Lipinski definition) is 5. The van der Waals surface area contributed by atoms with Gasteiger partial charge in [-0.15, -0.1) is 0 Å². The first kappa shape index (κ1) is 21.0. The third-order valence-electron chi connectivity index (χ3n) is 4.46. The van der Waals surface area contributed by atoms with E-state index in [1.165, 1.54) is 10.4 Å². The van der Waals surface area contributed by atoms with Crippen molar-refractivity contribution >= 4 is 15.7 Å².